The molecular formula is C17H20FN3O2S2. The van der Waals surface area contributed by atoms with Gasteiger partial charge < -0.3 is 0 Å². The summed E-state index contributed by atoms with van der Waals surface area (Å²) in [6, 6.07) is 4.26. The Morgan fingerprint density at radius 2 is 2.08 bits per heavy atom. The minimum atomic E-state index is -0.500. The lowest BCUT2D eigenvalue weighted by Crippen LogP contribution is -2.14. The fourth-order valence-corrected chi connectivity index (χ4v) is 3.58. The van der Waals surface area contributed by atoms with Crippen LogP contribution in [0, 0.1) is 5.82 Å². The summed E-state index contributed by atoms with van der Waals surface area (Å²) in [5.74, 6) is -0.906. The Kier molecular flexibility index (Phi) is 7.52. The number of unbranched alkanes of at least 4 members (excludes halogenated alkanes) is 2. The molecule has 0 unspecified atom stereocenters. The number of anilines is 1. The van der Waals surface area contributed by atoms with Gasteiger partial charge in [-0.25, -0.2) is 4.39 Å². The molecule has 1 N–H and O–H groups in total. The molecule has 0 radical (unpaired) electrons. The molecule has 8 heteroatoms. The molecule has 1 aromatic heterocycles. The zero-order valence-corrected chi connectivity index (χ0v) is 15.8. The number of ketones is 1. The van der Waals surface area contributed by atoms with Gasteiger partial charge in [0.15, 0.2) is 5.78 Å². The lowest BCUT2D eigenvalue weighted by atomic mass is 10.1. The first-order chi connectivity index (χ1) is 12.0. The van der Waals surface area contributed by atoms with Crippen molar-refractivity contribution in [3.05, 3.63) is 34.6 Å². The van der Waals surface area contributed by atoms with Crippen LogP contribution in [-0.2, 0) is 11.2 Å². The van der Waals surface area contributed by atoms with Crippen molar-refractivity contribution in [3.8, 4) is 0 Å². The zero-order chi connectivity index (χ0) is 18.2. The van der Waals surface area contributed by atoms with Crippen molar-refractivity contribution in [3.63, 3.8) is 0 Å². The van der Waals surface area contributed by atoms with Gasteiger partial charge in [0.05, 0.1) is 5.75 Å². The van der Waals surface area contributed by atoms with Crippen LogP contribution >= 0.6 is 23.1 Å². The van der Waals surface area contributed by atoms with Gasteiger partial charge >= 0.3 is 0 Å². The monoisotopic (exact) mass is 381 g/mol. The molecule has 134 valence electrons. The topological polar surface area (TPSA) is 72.0 Å². The largest absolute Gasteiger partial charge is 0.300 e. The van der Waals surface area contributed by atoms with Gasteiger partial charge in [-0.15, -0.1) is 22.0 Å². The number of nitrogens with one attached hydrogen (secondary N) is 1. The van der Waals surface area contributed by atoms with E-state index in [9.17, 15) is 14.0 Å². The van der Waals surface area contributed by atoms with Crippen LogP contribution in [0.1, 0.15) is 48.5 Å². The van der Waals surface area contributed by atoms with Crippen LogP contribution in [0.25, 0.3) is 0 Å². The molecule has 2 rings (SSSR count). The van der Waals surface area contributed by atoms with Crippen molar-refractivity contribution in [2.24, 2.45) is 0 Å². The molecule has 0 bridgehead atoms. The number of aromatic nitrogens is 2. The van der Waals surface area contributed by atoms with Crippen molar-refractivity contribution >= 4 is 39.9 Å². The number of carbonyl (C=O) groups is 2. The highest BCUT2D eigenvalue weighted by atomic mass is 32.2. The standard InChI is InChI=1S/C17H20FN3O2S2/c1-3-4-5-6-16-20-21-17(25-16)19-15(23)10-24-14-8-7-12(11(2)22)9-13(14)18/h7-9H,3-6,10H2,1-2H3,(H,19,21,23). The second-order valence-electron chi connectivity index (χ2n) is 5.50. The molecule has 25 heavy (non-hydrogen) atoms. The number of rotatable bonds is 9. The number of amides is 1. The fourth-order valence-electron chi connectivity index (χ4n) is 2.07. The highest BCUT2D eigenvalue weighted by Crippen LogP contribution is 2.24. The molecule has 2 aromatic rings. The quantitative estimate of drug-likeness (QED) is 0.397. The normalized spacial score (nSPS) is 10.7. The smallest absolute Gasteiger partial charge is 0.236 e. The lowest BCUT2D eigenvalue weighted by Gasteiger charge is -2.04. The van der Waals surface area contributed by atoms with Crippen LogP contribution in [-0.4, -0.2) is 27.6 Å². The minimum absolute atomic E-state index is 0.0566. The predicted molar refractivity (Wildman–Crippen MR) is 98.9 cm³/mol. The average molecular weight is 381 g/mol. The molecule has 0 fully saturated rings. The fraction of sp³-hybridized carbons (Fsp3) is 0.412. The molecular weight excluding hydrogens is 361 g/mol. The van der Waals surface area contributed by atoms with Crippen LogP contribution < -0.4 is 5.32 Å². The van der Waals surface area contributed by atoms with E-state index in [1.807, 2.05) is 0 Å². The summed E-state index contributed by atoms with van der Waals surface area (Å²) in [7, 11) is 0. The molecule has 1 heterocycles. The van der Waals surface area contributed by atoms with Crippen molar-refractivity contribution in [2.45, 2.75) is 44.4 Å². The van der Waals surface area contributed by atoms with Crippen molar-refractivity contribution < 1.29 is 14.0 Å². The maximum absolute atomic E-state index is 13.9. The highest BCUT2D eigenvalue weighted by molar-refractivity contribution is 8.00. The first-order valence-corrected chi connectivity index (χ1v) is 9.85. The molecule has 0 atom stereocenters. The van der Waals surface area contributed by atoms with Crippen molar-refractivity contribution in [2.75, 3.05) is 11.1 Å². The Morgan fingerprint density at radius 3 is 2.76 bits per heavy atom. The molecule has 0 aliphatic rings. The van der Waals surface area contributed by atoms with Gasteiger partial charge in [0.2, 0.25) is 11.0 Å². The number of Topliss-reactive ketones (excluding diaryl/α,β-unsaturated/α-hetero) is 1. The van der Waals surface area contributed by atoms with Gasteiger partial charge in [0, 0.05) is 16.9 Å². The minimum Gasteiger partial charge on any atom is -0.300 e. The summed E-state index contributed by atoms with van der Waals surface area (Å²) in [6.07, 6.45) is 4.21. The van der Waals surface area contributed by atoms with E-state index in [0.29, 0.717) is 15.6 Å². The summed E-state index contributed by atoms with van der Waals surface area (Å²) in [6.45, 7) is 3.52. The number of thioether (sulfide) groups is 1. The third kappa shape index (κ3) is 6.21. The summed E-state index contributed by atoms with van der Waals surface area (Å²) >= 11 is 2.44. The average Bonchev–Trinajstić information content (AvgIpc) is 3.01. The molecule has 0 saturated heterocycles. The first kappa shape index (κ1) is 19.5. The summed E-state index contributed by atoms with van der Waals surface area (Å²) in [5, 5.41) is 12.1. The van der Waals surface area contributed by atoms with Crippen LogP contribution in [0.4, 0.5) is 9.52 Å². The van der Waals surface area contributed by atoms with Crippen LogP contribution in [0.15, 0.2) is 23.1 Å². The second kappa shape index (κ2) is 9.62. The van der Waals surface area contributed by atoms with E-state index in [2.05, 4.69) is 22.4 Å². The van der Waals surface area contributed by atoms with Crippen LogP contribution in [0.3, 0.4) is 0 Å². The Labute approximate surface area is 154 Å². The number of hydrogen-bond acceptors (Lipinski definition) is 6. The summed E-state index contributed by atoms with van der Waals surface area (Å²) < 4.78 is 13.9. The predicted octanol–water partition coefficient (Wildman–Crippen LogP) is 4.34. The molecule has 0 aliphatic heterocycles. The van der Waals surface area contributed by atoms with Gasteiger partial charge in [-0.1, -0.05) is 37.2 Å². The lowest BCUT2D eigenvalue weighted by molar-refractivity contribution is -0.113. The maximum atomic E-state index is 13.9. The van der Waals surface area contributed by atoms with E-state index in [0.717, 1.165) is 42.5 Å². The van der Waals surface area contributed by atoms with E-state index in [1.165, 1.54) is 30.4 Å². The van der Waals surface area contributed by atoms with Gasteiger partial charge in [0.25, 0.3) is 0 Å². The van der Waals surface area contributed by atoms with Gasteiger partial charge in [-0.05, 0) is 25.5 Å². The van der Waals surface area contributed by atoms with Crippen molar-refractivity contribution in [1.82, 2.24) is 10.2 Å². The molecule has 0 aliphatic carbocycles. The third-order valence-electron chi connectivity index (χ3n) is 3.40. The number of halogens is 1. The van der Waals surface area contributed by atoms with Crippen molar-refractivity contribution in [1.29, 1.82) is 0 Å². The van der Waals surface area contributed by atoms with Gasteiger partial charge in [0.1, 0.15) is 10.8 Å². The molecule has 1 amide bonds. The number of aryl methyl sites for hydroxylation is 1. The van der Waals surface area contributed by atoms with Gasteiger partial charge in [-0.2, -0.15) is 0 Å². The molecule has 0 saturated carbocycles. The number of nitrogens with zero attached hydrogens (tertiary/aromatic N) is 2. The second-order valence-corrected chi connectivity index (χ2v) is 7.58. The number of hydrogen-bond donors (Lipinski definition) is 1. The molecule has 1 aromatic carbocycles. The Balaban J connectivity index is 1.83. The Morgan fingerprint density at radius 1 is 1.28 bits per heavy atom. The van der Waals surface area contributed by atoms with E-state index in [4.69, 9.17) is 0 Å². The summed E-state index contributed by atoms with van der Waals surface area (Å²) in [4.78, 5) is 23.5. The van der Waals surface area contributed by atoms with Gasteiger partial charge in [-0.3, -0.25) is 14.9 Å². The van der Waals surface area contributed by atoms with Crippen LogP contribution in [0.5, 0.6) is 0 Å². The zero-order valence-electron chi connectivity index (χ0n) is 14.2. The number of benzene rings is 1. The van der Waals surface area contributed by atoms with Crippen LogP contribution in [0.2, 0.25) is 0 Å². The van der Waals surface area contributed by atoms with E-state index >= 15 is 0 Å². The molecule has 5 nitrogen and oxygen atoms in total. The van der Waals surface area contributed by atoms with E-state index in [1.54, 1.807) is 6.07 Å². The van der Waals surface area contributed by atoms with E-state index < -0.39 is 5.82 Å². The first-order valence-electron chi connectivity index (χ1n) is 8.05. The Bertz CT molecular complexity index is 749. The Hall–Kier alpha value is -1.80. The maximum Gasteiger partial charge on any atom is 0.236 e. The highest BCUT2D eigenvalue weighted by Gasteiger charge is 2.11. The summed E-state index contributed by atoms with van der Waals surface area (Å²) in [5.41, 5.74) is 0.316. The third-order valence-corrected chi connectivity index (χ3v) is 5.35. The van der Waals surface area contributed by atoms with E-state index in [-0.39, 0.29) is 17.4 Å². The number of carbonyl (C=O) groups excluding carboxylic acids is 2. The SMILES string of the molecule is CCCCCc1nnc(NC(=O)CSc2ccc(C(C)=O)cc2F)s1. The molecule has 0 spiro atoms.